The van der Waals surface area contributed by atoms with Gasteiger partial charge in [0.2, 0.25) is 18.0 Å². The van der Waals surface area contributed by atoms with Gasteiger partial charge in [-0.3, -0.25) is 4.79 Å². The van der Waals surface area contributed by atoms with E-state index in [2.05, 4.69) is 0 Å². The molecule has 10 heteroatoms. The molecule has 0 saturated heterocycles. The van der Waals surface area contributed by atoms with Crippen molar-refractivity contribution >= 4 is 5.78 Å². The molecule has 5 rings (SSSR count). The van der Waals surface area contributed by atoms with Crippen LogP contribution in [0.1, 0.15) is 27.6 Å². The van der Waals surface area contributed by atoms with Crippen LogP contribution >= 0.6 is 0 Å². The second kappa shape index (κ2) is 8.57. The van der Waals surface area contributed by atoms with Crippen LogP contribution < -0.4 is 18.9 Å². The highest BCUT2D eigenvalue weighted by molar-refractivity contribution is 6.10. The minimum atomic E-state index is -1.23. The molecule has 2 radical (unpaired) electrons. The molecule has 0 unspecified atom stereocenters. The number of hydrogen-bond donors (Lipinski definition) is 5. The van der Waals surface area contributed by atoms with Gasteiger partial charge in [0.15, 0.2) is 35.2 Å². The first-order chi connectivity index (χ1) is 16.8. The highest BCUT2D eigenvalue weighted by atomic mass is 16.6. The minimum absolute atomic E-state index is 0.0551. The molecule has 10 nitrogen and oxygen atoms in total. The number of hydrogen-bond acceptors (Lipinski definition) is 10. The van der Waals surface area contributed by atoms with Crippen LogP contribution in [0.2, 0.25) is 0 Å². The second-order valence-corrected chi connectivity index (χ2v) is 7.90. The third-order valence-electron chi connectivity index (χ3n) is 5.70. The summed E-state index contributed by atoms with van der Waals surface area (Å²) >= 11 is 0. The number of carbonyl (C=O) groups excluding carboxylic acids is 1. The highest BCUT2D eigenvalue weighted by Crippen LogP contribution is 2.47. The Morgan fingerprint density at radius 3 is 2.43 bits per heavy atom. The highest BCUT2D eigenvalue weighted by Gasteiger charge is 2.41. The van der Waals surface area contributed by atoms with Crippen molar-refractivity contribution in [3.63, 3.8) is 0 Å². The van der Waals surface area contributed by atoms with Gasteiger partial charge in [-0.1, -0.05) is 12.1 Å². The first-order valence-electron chi connectivity index (χ1n) is 10.5. The van der Waals surface area contributed by atoms with Gasteiger partial charge in [0.1, 0.15) is 22.8 Å². The van der Waals surface area contributed by atoms with E-state index < -0.39 is 36.5 Å². The van der Waals surface area contributed by atoms with E-state index in [0.29, 0.717) is 23.0 Å². The molecule has 180 valence electrons. The van der Waals surface area contributed by atoms with Crippen LogP contribution in [0.25, 0.3) is 0 Å². The molecule has 0 amide bonds. The lowest BCUT2D eigenvalue weighted by atomic mass is 9.92. The fourth-order valence-corrected chi connectivity index (χ4v) is 4.01. The van der Waals surface area contributed by atoms with E-state index in [1.54, 1.807) is 24.3 Å². The van der Waals surface area contributed by atoms with E-state index in [1.165, 1.54) is 25.3 Å². The van der Waals surface area contributed by atoms with Gasteiger partial charge in [-0.05, 0) is 29.8 Å². The second-order valence-electron chi connectivity index (χ2n) is 7.90. The van der Waals surface area contributed by atoms with Crippen molar-refractivity contribution in [2.45, 2.75) is 12.2 Å². The van der Waals surface area contributed by atoms with E-state index in [0.717, 1.165) is 6.07 Å². The molecule has 0 fully saturated rings. The summed E-state index contributed by atoms with van der Waals surface area (Å²) in [6, 6.07) is 11.3. The summed E-state index contributed by atoms with van der Waals surface area (Å²) in [5.74, 6) is -1.06. The molecule has 3 aromatic rings. The average Bonchev–Trinajstić information content (AvgIpc) is 2.85. The van der Waals surface area contributed by atoms with Crippen LogP contribution in [0.4, 0.5) is 0 Å². The number of aliphatic hydroxyl groups is 2. The normalized spacial score (nSPS) is 19.7. The summed E-state index contributed by atoms with van der Waals surface area (Å²) < 4.78 is 22.8. The Kier molecular flexibility index (Phi) is 5.54. The standard InChI is InChI=1S/C25H20O10/c1-32-17-6-11(2-4-14(17)28)24-20(10-26)33-18-7-12(3-5-16(18)34-24)25-23(31)22(30)21-15(29)8-13(27)9-19(21)35-25/h2-9,20,25-29,31H,10H2,1H3/t20-,25-/m1/s1. The maximum atomic E-state index is 12.7. The van der Waals surface area contributed by atoms with Crippen molar-refractivity contribution in [1.82, 2.24) is 0 Å². The van der Waals surface area contributed by atoms with Crippen LogP contribution in [-0.2, 0) is 0 Å². The van der Waals surface area contributed by atoms with Gasteiger partial charge in [-0.15, -0.1) is 0 Å². The van der Waals surface area contributed by atoms with E-state index in [-0.39, 0.29) is 34.3 Å². The fourth-order valence-electron chi connectivity index (χ4n) is 4.01. The molecule has 2 aliphatic rings. The zero-order valence-corrected chi connectivity index (χ0v) is 18.3. The van der Waals surface area contributed by atoms with Crippen LogP contribution in [0.3, 0.4) is 0 Å². The number of Topliss-reactive ketones (excluding diaryl/α,β-unsaturated/α-hetero) is 1. The largest absolute Gasteiger partial charge is 0.508 e. The third kappa shape index (κ3) is 3.82. The summed E-state index contributed by atoms with van der Waals surface area (Å²) in [5.41, 5.74) is 0.605. The smallest absolute Gasteiger partial charge is 0.220 e. The van der Waals surface area contributed by atoms with Crippen molar-refractivity contribution in [2.24, 2.45) is 0 Å². The van der Waals surface area contributed by atoms with Gasteiger partial charge in [0.25, 0.3) is 0 Å². The zero-order valence-electron chi connectivity index (χ0n) is 18.3. The summed E-state index contributed by atoms with van der Waals surface area (Å²) in [6.45, 7) is -0.427. The maximum Gasteiger partial charge on any atom is 0.220 e. The number of phenols is 3. The molecular weight excluding hydrogens is 460 g/mol. The molecule has 2 aliphatic heterocycles. The van der Waals surface area contributed by atoms with Crippen molar-refractivity contribution < 1.29 is 49.3 Å². The number of fused-ring (bicyclic) bond motifs is 2. The Morgan fingerprint density at radius 1 is 0.886 bits per heavy atom. The van der Waals surface area contributed by atoms with Gasteiger partial charge in [-0.25, -0.2) is 0 Å². The van der Waals surface area contributed by atoms with Gasteiger partial charge < -0.3 is 44.5 Å². The molecule has 2 atom stereocenters. The van der Waals surface area contributed by atoms with Crippen molar-refractivity contribution in [2.75, 3.05) is 13.7 Å². The summed E-state index contributed by atoms with van der Waals surface area (Å²) in [4.78, 5) is 12.7. The molecule has 0 bridgehead atoms. The summed E-state index contributed by atoms with van der Waals surface area (Å²) in [6.07, 6.45) is -2.49. The molecule has 0 saturated carbocycles. The van der Waals surface area contributed by atoms with Crippen LogP contribution in [-0.4, -0.2) is 51.1 Å². The Balaban J connectivity index is 1.46. The van der Waals surface area contributed by atoms with Crippen LogP contribution in [0, 0.1) is 12.2 Å². The predicted molar refractivity (Wildman–Crippen MR) is 118 cm³/mol. The van der Waals surface area contributed by atoms with Crippen molar-refractivity contribution in [1.29, 1.82) is 0 Å². The number of aromatic hydroxyl groups is 3. The average molecular weight is 480 g/mol. The topological polar surface area (TPSA) is 155 Å². The molecule has 0 aliphatic carbocycles. The number of aliphatic hydroxyl groups excluding tert-OH is 2. The summed E-state index contributed by atoms with van der Waals surface area (Å²) in [5, 5.41) is 50.0. The first kappa shape index (κ1) is 22.6. The SMILES string of the molecule is COc1cc([C]2Oc3ccc([C@H]4Oc5cc(O)cc(O)c5C(=O)[C]4O)cc3O[C@@H]2CO)ccc1O. The van der Waals surface area contributed by atoms with Crippen molar-refractivity contribution in [3.8, 4) is 40.2 Å². The fraction of sp³-hybridized carbons (Fsp3) is 0.160. The van der Waals surface area contributed by atoms with Gasteiger partial charge in [0, 0.05) is 17.7 Å². The molecule has 35 heavy (non-hydrogen) atoms. The molecular formula is C25H20O10. The third-order valence-corrected chi connectivity index (χ3v) is 5.70. The van der Waals surface area contributed by atoms with E-state index in [9.17, 15) is 30.3 Å². The quantitative estimate of drug-likeness (QED) is 0.376. The lowest BCUT2D eigenvalue weighted by molar-refractivity contribution is 0.0567. The molecule has 0 aromatic heterocycles. The van der Waals surface area contributed by atoms with Gasteiger partial charge in [0.05, 0.1) is 13.7 Å². The predicted octanol–water partition coefficient (Wildman–Crippen LogP) is 2.75. The lowest BCUT2D eigenvalue weighted by Crippen LogP contribution is -2.37. The maximum absolute atomic E-state index is 12.7. The number of ketones is 1. The number of rotatable bonds is 4. The van der Waals surface area contributed by atoms with Crippen molar-refractivity contribution in [3.05, 3.63) is 77.4 Å². The van der Waals surface area contributed by atoms with Gasteiger partial charge in [-0.2, -0.15) is 0 Å². The molecule has 0 spiro atoms. The first-order valence-corrected chi connectivity index (χ1v) is 10.5. The van der Waals surface area contributed by atoms with E-state index in [1.807, 2.05) is 0 Å². The Bertz CT molecular complexity index is 1300. The van der Waals surface area contributed by atoms with Crippen LogP contribution in [0.5, 0.6) is 40.2 Å². The van der Waals surface area contributed by atoms with E-state index in [4.69, 9.17) is 18.9 Å². The Labute approximate surface area is 199 Å². The minimum Gasteiger partial charge on any atom is -0.508 e. The number of ether oxygens (including phenoxy) is 4. The number of phenolic OH excluding ortho intramolecular Hbond substituents is 3. The molecule has 3 aromatic carbocycles. The molecule has 2 heterocycles. The number of benzene rings is 3. The zero-order chi connectivity index (χ0) is 24.9. The van der Waals surface area contributed by atoms with Gasteiger partial charge >= 0.3 is 0 Å². The number of carbonyl (C=O) groups is 1. The van der Waals surface area contributed by atoms with E-state index >= 15 is 0 Å². The number of methoxy groups -OCH3 is 1. The Hall–Kier alpha value is -4.15. The lowest BCUT2D eigenvalue weighted by Gasteiger charge is -2.34. The monoisotopic (exact) mass is 480 g/mol. The Morgan fingerprint density at radius 2 is 1.69 bits per heavy atom. The summed E-state index contributed by atoms with van der Waals surface area (Å²) in [7, 11) is 1.41. The van der Waals surface area contributed by atoms with Crippen LogP contribution in [0.15, 0.2) is 48.5 Å². The molecule has 5 N–H and O–H groups in total.